The van der Waals surface area contributed by atoms with Crippen LogP contribution in [0.25, 0.3) is 0 Å². The molecule has 0 heterocycles. The molecule has 0 radical (unpaired) electrons. The molecular formula is C11H23NO2. The summed E-state index contributed by atoms with van der Waals surface area (Å²) in [7, 11) is 1.65. The zero-order valence-corrected chi connectivity index (χ0v) is 9.99. The maximum Gasteiger partial charge on any atom is 0.210 e. The number of carbonyl (C=O) groups is 1. The highest BCUT2D eigenvalue weighted by molar-refractivity contribution is 5.47. The van der Waals surface area contributed by atoms with Crippen molar-refractivity contribution in [2.24, 2.45) is 11.8 Å². The van der Waals surface area contributed by atoms with Crippen molar-refractivity contribution in [3.05, 3.63) is 0 Å². The highest BCUT2D eigenvalue weighted by atomic mass is 16.5. The van der Waals surface area contributed by atoms with Gasteiger partial charge in [0, 0.05) is 19.7 Å². The van der Waals surface area contributed by atoms with Gasteiger partial charge in [0.05, 0.1) is 6.61 Å². The van der Waals surface area contributed by atoms with Gasteiger partial charge >= 0.3 is 0 Å². The van der Waals surface area contributed by atoms with Crippen LogP contribution in [0.3, 0.4) is 0 Å². The number of amides is 1. The van der Waals surface area contributed by atoms with Crippen molar-refractivity contribution in [2.75, 3.05) is 20.3 Å². The quantitative estimate of drug-likeness (QED) is 0.587. The van der Waals surface area contributed by atoms with Gasteiger partial charge in [-0.3, -0.25) is 4.79 Å². The molecule has 0 aromatic heterocycles. The van der Waals surface area contributed by atoms with Gasteiger partial charge in [0.25, 0.3) is 0 Å². The van der Waals surface area contributed by atoms with Crippen molar-refractivity contribution in [2.45, 2.75) is 33.7 Å². The third-order valence-electron chi connectivity index (χ3n) is 3.02. The van der Waals surface area contributed by atoms with Gasteiger partial charge in [-0.25, -0.2) is 0 Å². The zero-order valence-electron chi connectivity index (χ0n) is 9.99. The second-order valence-corrected chi connectivity index (χ2v) is 4.18. The van der Waals surface area contributed by atoms with E-state index < -0.39 is 0 Å². The molecule has 0 aliphatic rings. The summed E-state index contributed by atoms with van der Waals surface area (Å²) >= 11 is 0. The van der Waals surface area contributed by atoms with Crippen LogP contribution in [0.2, 0.25) is 0 Å². The van der Waals surface area contributed by atoms with Crippen molar-refractivity contribution in [3.63, 3.8) is 0 Å². The van der Waals surface area contributed by atoms with Crippen molar-refractivity contribution in [1.82, 2.24) is 4.90 Å². The highest BCUT2D eigenvalue weighted by Gasteiger charge is 2.20. The molecule has 0 bridgehead atoms. The molecule has 0 aromatic carbocycles. The zero-order chi connectivity index (χ0) is 11.1. The first kappa shape index (κ1) is 13.4. The summed E-state index contributed by atoms with van der Waals surface area (Å²) in [5.41, 5.74) is 0. The van der Waals surface area contributed by atoms with E-state index in [9.17, 15) is 4.79 Å². The molecule has 0 aliphatic heterocycles. The fourth-order valence-electron chi connectivity index (χ4n) is 1.41. The minimum atomic E-state index is 0.280. The van der Waals surface area contributed by atoms with E-state index in [-0.39, 0.29) is 6.04 Å². The van der Waals surface area contributed by atoms with Crippen LogP contribution >= 0.6 is 0 Å². The molecule has 0 aromatic rings. The molecule has 1 amide bonds. The Bertz CT molecular complexity index is 159. The van der Waals surface area contributed by atoms with Gasteiger partial charge in [-0.15, -0.1) is 0 Å². The lowest BCUT2D eigenvalue weighted by Crippen LogP contribution is -2.40. The second-order valence-electron chi connectivity index (χ2n) is 4.18. The predicted octanol–water partition coefficient (Wildman–Crippen LogP) is 1.77. The number of nitrogens with zero attached hydrogens (tertiary/aromatic N) is 1. The Morgan fingerprint density at radius 3 is 2.21 bits per heavy atom. The molecule has 0 fully saturated rings. The van der Waals surface area contributed by atoms with Crippen LogP contribution in [0, 0.1) is 11.8 Å². The van der Waals surface area contributed by atoms with Crippen LogP contribution in [0.4, 0.5) is 0 Å². The molecule has 14 heavy (non-hydrogen) atoms. The van der Waals surface area contributed by atoms with E-state index in [4.69, 9.17) is 4.74 Å². The molecule has 0 rings (SSSR count). The molecule has 0 saturated heterocycles. The summed E-state index contributed by atoms with van der Waals surface area (Å²) in [6.07, 6.45) is 0.919. The summed E-state index contributed by atoms with van der Waals surface area (Å²) in [6, 6.07) is 0.280. The molecular weight excluding hydrogens is 178 g/mol. The lowest BCUT2D eigenvalue weighted by molar-refractivity contribution is -0.121. The Morgan fingerprint density at radius 1 is 1.29 bits per heavy atom. The predicted molar refractivity (Wildman–Crippen MR) is 58.1 cm³/mol. The van der Waals surface area contributed by atoms with E-state index in [1.165, 1.54) is 0 Å². The van der Waals surface area contributed by atoms with Gasteiger partial charge in [0.15, 0.2) is 0 Å². The van der Waals surface area contributed by atoms with E-state index in [1.54, 1.807) is 7.11 Å². The van der Waals surface area contributed by atoms with Gasteiger partial charge in [-0.1, -0.05) is 20.8 Å². The molecule has 0 N–H and O–H groups in total. The van der Waals surface area contributed by atoms with Crippen LogP contribution in [-0.4, -0.2) is 37.6 Å². The Hall–Kier alpha value is -0.570. The van der Waals surface area contributed by atoms with Crippen molar-refractivity contribution in [1.29, 1.82) is 0 Å². The Labute approximate surface area is 87.4 Å². The largest absolute Gasteiger partial charge is 0.383 e. The molecule has 84 valence electrons. The number of methoxy groups -OCH3 is 1. The molecule has 0 spiro atoms. The van der Waals surface area contributed by atoms with Crippen LogP contribution in [0.1, 0.15) is 27.7 Å². The SMILES string of the molecule is COCCN(C=O)C(C)C(C)C(C)C. The first-order chi connectivity index (χ1) is 6.54. The average molecular weight is 201 g/mol. The number of rotatable bonds is 7. The highest BCUT2D eigenvalue weighted by Crippen LogP contribution is 2.17. The minimum absolute atomic E-state index is 0.280. The lowest BCUT2D eigenvalue weighted by atomic mass is 9.90. The van der Waals surface area contributed by atoms with Gasteiger partial charge in [-0.2, -0.15) is 0 Å². The van der Waals surface area contributed by atoms with Gasteiger partial charge in [0.2, 0.25) is 6.41 Å². The second kappa shape index (κ2) is 6.82. The maximum atomic E-state index is 10.8. The van der Waals surface area contributed by atoms with Crippen molar-refractivity contribution in [3.8, 4) is 0 Å². The first-order valence-electron chi connectivity index (χ1n) is 5.24. The Balaban J connectivity index is 4.15. The molecule has 0 aliphatic carbocycles. The normalized spacial score (nSPS) is 15.3. The van der Waals surface area contributed by atoms with E-state index in [0.29, 0.717) is 25.0 Å². The van der Waals surface area contributed by atoms with Crippen LogP contribution in [0.15, 0.2) is 0 Å². The Morgan fingerprint density at radius 2 is 1.86 bits per heavy atom. The number of hydrogen-bond acceptors (Lipinski definition) is 2. The number of ether oxygens (including phenoxy) is 1. The summed E-state index contributed by atoms with van der Waals surface area (Å²) in [5.74, 6) is 1.10. The third-order valence-corrected chi connectivity index (χ3v) is 3.02. The summed E-state index contributed by atoms with van der Waals surface area (Å²) < 4.78 is 4.96. The van der Waals surface area contributed by atoms with E-state index in [1.807, 2.05) is 4.90 Å². The third kappa shape index (κ3) is 4.09. The van der Waals surface area contributed by atoms with E-state index in [0.717, 1.165) is 6.41 Å². The van der Waals surface area contributed by atoms with E-state index >= 15 is 0 Å². The van der Waals surface area contributed by atoms with Gasteiger partial charge < -0.3 is 9.64 Å². The smallest absolute Gasteiger partial charge is 0.210 e. The average Bonchev–Trinajstić information content (AvgIpc) is 2.17. The standard InChI is InChI=1S/C11H23NO2/c1-9(2)10(3)11(4)12(8-13)6-7-14-5/h8-11H,6-7H2,1-5H3. The first-order valence-corrected chi connectivity index (χ1v) is 5.24. The topological polar surface area (TPSA) is 29.5 Å². The van der Waals surface area contributed by atoms with Crippen molar-refractivity contribution < 1.29 is 9.53 Å². The fourth-order valence-corrected chi connectivity index (χ4v) is 1.41. The summed E-state index contributed by atoms with van der Waals surface area (Å²) in [6.45, 7) is 9.92. The Kier molecular flexibility index (Phi) is 6.54. The number of carbonyl (C=O) groups excluding carboxylic acids is 1. The van der Waals surface area contributed by atoms with Crippen molar-refractivity contribution >= 4 is 6.41 Å². The molecule has 2 atom stereocenters. The monoisotopic (exact) mass is 201 g/mol. The lowest BCUT2D eigenvalue weighted by Gasteiger charge is -2.32. The van der Waals surface area contributed by atoms with Crippen LogP contribution in [-0.2, 0) is 9.53 Å². The van der Waals surface area contributed by atoms with Gasteiger partial charge in [-0.05, 0) is 18.8 Å². The van der Waals surface area contributed by atoms with Gasteiger partial charge in [0.1, 0.15) is 0 Å². The molecule has 0 saturated carbocycles. The minimum Gasteiger partial charge on any atom is -0.383 e. The van der Waals surface area contributed by atoms with E-state index in [2.05, 4.69) is 27.7 Å². The molecule has 3 heteroatoms. The molecule has 2 unspecified atom stereocenters. The maximum absolute atomic E-state index is 10.8. The molecule has 3 nitrogen and oxygen atoms in total. The fraction of sp³-hybridized carbons (Fsp3) is 0.909. The summed E-state index contributed by atoms with van der Waals surface area (Å²) in [5, 5.41) is 0. The number of hydrogen-bond donors (Lipinski definition) is 0. The van der Waals surface area contributed by atoms with Crippen LogP contribution in [0.5, 0.6) is 0 Å². The van der Waals surface area contributed by atoms with Crippen LogP contribution < -0.4 is 0 Å². The summed E-state index contributed by atoms with van der Waals surface area (Å²) in [4.78, 5) is 12.7.